The molecule has 4 rings (SSSR count). The molecule has 1 atom stereocenters. The van der Waals surface area contributed by atoms with Gasteiger partial charge in [0.2, 0.25) is 5.91 Å². The number of rotatable bonds is 2. The molecule has 1 saturated carbocycles. The van der Waals surface area contributed by atoms with E-state index in [2.05, 4.69) is 23.2 Å². The van der Waals surface area contributed by atoms with Crippen LogP contribution < -0.4 is 10.9 Å². The summed E-state index contributed by atoms with van der Waals surface area (Å²) in [7, 11) is 1.78. The van der Waals surface area contributed by atoms with Gasteiger partial charge >= 0.3 is 0 Å². The standard InChI is InChI=1S/C20H29N3O2/c1-19(14-20(19)6-8-21-9-7-20)18(25)23-11-4-15(5-12-23)16-3-10-22(2)17(24)13-16/h3,10,13,15,21H,4-9,11-12,14H2,1-2H3. The molecule has 1 unspecified atom stereocenters. The van der Waals surface area contributed by atoms with Crippen molar-refractivity contribution in [1.82, 2.24) is 14.8 Å². The zero-order valence-electron chi connectivity index (χ0n) is 15.4. The fraction of sp³-hybridized carbons (Fsp3) is 0.700. The third-order valence-electron chi connectivity index (χ3n) is 7.15. The minimum absolute atomic E-state index is 0.0503. The van der Waals surface area contributed by atoms with Gasteiger partial charge in [-0.2, -0.15) is 0 Å². The van der Waals surface area contributed by atoms with Crippen molar-refractivity contribution in [3.05, 3.63) is 34.2 Å². The van der Waals surface area contributed by atoms with E-state index in [9.17, 15) is 9.59 Å². The molecule has 2 saturated heterocycles. The number of pyridine rings is 1. The van der Waals surface area contributed by atoms with E-state index in [1.54, 1.807) is 17.7 Å². The molecule has 3 heterocycles. The normalized spacial score (nSPS) is 29.0. The number of likely N-dealkylation sites (tertiary alicyclic amines) is 1. The summed E-state index contributed by atoms with van der Waals surface area (Å²) in [4.78, 5) is 27.1. The van der Waals surface area contributed by atoms with Crippen LogP contribution in [-0.2, 0) is 11.8 Å². The number of hydrogen-bond donors (Lipinski definition) is 1. The van der Waals surface area contributed by atoms with Crippen LogP contribution in [0.5, 0.6) is 0 Å². The van der Waals surface area contributed by atoms with E-state index in [-0.39, 0.29) is 16.4 Å². The molecule has 5 heteroatoms. The molecule has 0 aromatic carbocycles. The van der Waals surface area contributed by atoms with Crippen LogP contribution in [0.1, 0.15) is 50.5 Å². The fourth-order valence-corrected chi connectivity index (χ4v) is 5.15. The minimum atomic E-state index is -0.134. The lowest BCUT2D eigenvalue weighted by molar-refractivity contribution is -0.139. The van der Waals surface area contributed by atoms with Crippen molar-refractivity contribution in [1.29, 1.82) is 0 Å². The van der Waals surface area contributed by atoms with Crippen LogP contribution in [0.25, 0.3) is 0 Å². The van der Waals surface area contributed by atoms with Gasteiger partial charge in [-0.15, -0.1) is 0 Å². The molecule has 2 aliphatic heterocycles. The molecule has 1 spiro atoms. The van der Waals surface area contributed by atoms with Gasteiger partial charge in [-0.25, -0.2) is 0 Å². The average molecular weight is 343 g/mol. The molecular weight excluding hydrogens is 314 g/mol. The third-order valence-corrected chi connectivity index (χ3v) is 7.15. The third kappa shape index (κ3) is 2.73. The molecule has 25 heavy (non-hydrogen) atoms. The summed E-state index contributed by atoms with van der Waals surface area (Å²) in [5.74, 6) is 0.773. The molecule has 1 amide bonds. The number of hydrogen-bond acceptors (Lipinski definition) is 3. The lowest BCUT2D eigenvalue weighted by atomic mass is 9.84. The van der Waals surface area contributed by atoms with Gasteiger partial charge in [0, 0.05) is 32.4 Å². The Balaban J connectivity index is 1.39. The maximum Gasteiger partial charge on any atom is 0.250 e. The molecule has 3 aliphatic rings. The number of nitrogens with zero attached hydrogens (tertiary/aromatic N) is 2. The Kier molecular flexibility index (Phi) is 4.02. The van der Waals surface area contributed by atoms with Crippen LogP contribution in [0, 0.1) is 10.8 Å². The highest BCUT2D eigenvalue weighted by molar-refractivity contribution is 5.87. The Morgan fingerprint density at radius 1 is 1.24 bits per heavy atom. The largest absolute Gasteiger partial charge is 0.342 e. The molecule has 1 aromatic heterocycles. The van der Waals surface area contributed by atoms with Gasteiger partial charge in [-0.05, 0) is 68.2 Å². The van der Waals surface area contributed by atoms with Gasteiger partial charge in [-0.3, -0.25) is 9.59 Å². The highest BCUT2D eigenvalue weighted by Crippen LogP contribution is 2.69. The van der Waals surface area contributed by atoms with Gasteiger partial charge in [-0.1, -0.05) is 6.92 Å². The van der Waals surface area contributed by atoms with Crippen molar-refractivity contribution in [2.24, 2.45) is 17.9 Å². The van der Waals surface area contributed by atoms with Crippen molar-refractivity contribution in [3.63, 3.8) is 0 Å². The fourth-order valence-electron chi connectivity index (χ4n) is 5.15. The van der Waals surface area contributed by atoms with E-state index < -0.39 is 0 Å². The Morgan fingerprint density at radius 3 is 2.56 bits per heavy atom. The predicted octanol–water partition coefficient (Wildman–Crippen LogP) is 1.87. The van der Waals surface area contributed by atoms with Crippen LogP contribution in [0.2, 0.25) is 0 Å². The summed E-state index contributed by atoms with van der Waals surface area (Å²) in [6.45, 7) is 5.93. The Hall–Kier alpha value is -1.62. The van der Waals surface area contributed by atoms with E-state index >= 15 is 0 Å². The molecule has 3 fully saturated rings. The molecule has 136 valence electrons. The van der Waals surface area contributed by atoms with Crippen molar-refractivity contribution < 1.29 is 4.79 Å². The first-order chi connectivity index (χ1) is 12.0. The summed E-state index contributed by atoms with van der Waals surface area (Å²) in [6.07, 6.45) is 7.11. The van der Waals surface area contributed by atoms with Crippen molar-refractivity contribution in [2.75, 3.05) is 26.2 Å². The number of carbonyl (C=O) groups is 1. The van der Waals surface area contributed by atoms with Crippen molar-refractivity contribution >= 4 is 5.91 Å². The number of nitrogens with one attached hydrogen (secondary N) is 1. The number of aryl methyl sites for hydroxylation is 1. The molecule has 1 aliphatic carbocycles. The second-order valence-electron chi connectivity index (χ2n) is 8.51. The first kappa shape index (κ1) is 16.8. The molecule has 1 aromatic rings. The maximum absolute atomic E-state index is 13.1. The predicted molar refractivity (Wildman–Crippen MR) is 97.5 cm³/mol. The summed E-state index contributed by atoms with van der Waals surface area (Å²) in [5.41, 5.74) is 1.31. The zero-order chi connectivity index (χ0) is 17.7. The average Bonchev–Trinajstić information content (AvgIpc) is 3.21. The van der Waals surface area contributed by atoms with Crippen LogP contribution >= 0.6 is 0 Å². The van der Waals surface area contributed by atoms with Crippen LogP contribution in [0.15, 0.2) is 23.1 Å². The summed E-state index contributed by atoms with van der Waals surface area (Å²) < 4.78 is 1.61. The minimum Gasteiger partial charge on any atom is -0.342 e. The van der Waals surface area contributed by atoms with Crippen LogP contribution in [0.3, 0.4) is 0 Å². The van der Waals surface area contributed by atoms with Gasteiger partial charge in [0.1, 0.15) is 0 Å². The SMILES string of the molecule is Cn1ccc(C2CCN(C(=O)C3(C)CC34CCNCC4)CC2)cc1=O. The second kappa shape index (κ2) is 5.97. The van der Waals surface area contributed by atoms with E-state index in [1.165, 1.54) is 0 Å². The zero-order valence-corrected chi connectivity index (χ0v) is 15.4. The van der Waals surface area contributed by atoms with E-state index in [0.29, 0.717) is 11.8 Å². The lowest BCUT2D eigenvalue weighted by Crippen LogP contribution is -2.44. The number of amides is 1. The quantitative estimate of drug-likeness (QED) is 0.892. The summed E-state index contributed by atoms with van der Waals surface area (Å²) in [5, 5.41) is 3.42. The van der Waals surface area contributed by atoms with Crippen LogP contribution in [0.4, 0.5) is 0 Å². The van der Waals surface area contributed by atoms with Crippen molar-refractivity contribution in [2.45, 2.75) is 44.9 Å². The van der Waals surface area contributed by atoms with Gasteiger partial charge in [0.25, 0.3) is 5.56 Å². The van der Waals surface area contributed by atoms with E-state index in [0.717, 1.165) is 63.8 Å². The summed E-state index contributed by atoms with van der Waals surface area (Å²) >= 11 is 0. The smallest absolute Gasteiger partial charge is 0.250 e. The highest BCUT2D eigenvalue weighted by atomic mass is 16.2. The molecule has 1 N–H and O–H groups in total. The van der Waals surface area contributed by atoms with Gasteiger partial charge in [0.15, 0.2) is 0 Å². The number of carbonyl (C=O) groups excluding carboxylic acids is 1. The Morgan fingerprint density at radius 2 is 1.92 bits per heavy atom. The number of piperidine rings is 2. The topological polar surface area (TPSA) is 54.3 Å². The molecule has 0 radical (unpaired) electrons. The Labute approximate surface area is 149 Å². The van der Waals surface area contributed by atoms with E-state index in [4.69, 9.17) is 0 Å². The van der Waals surface area contributed by atoms with Crippen LogP contribution in [-0.4, -0.2) is 41.6 Å². The Bertz CT molecular complexity index is 727. The van der Waals surface area contributed by atoms with Gasteiger partial charge in [0.05, 0.1) is 5.41 Å². The first-order valence-electron chi connectivity index (χ1n) is 9.62. The van der Waals surface area contributed by atoms with E-state index in [1.807, 2.05) is 6.20 Å². The lowest BCUT2D eigenvalue weighted by Gasteiger charge is -2.36. The summed E-state index contributed by atoms with van der Waals surface area (Å²) in [6, 6.07) is 3.81. The molecule has 0 bridgehead atoms. The first-order valence-corrected chi connectivity index (χ1v) is 9.62. The maximum atomic E-state index is 13.1. The van der Waals surface area contributed by atoms with Gasteiger partial charge < -0.3 is 14.8 Å². The molecular formula is C20H29N3O2. The highest BCUT2D eigenvalue weighted by Gasteiger charge is 2.68. The monoisotopic (exact) mass is 343 g/mol. The molecule has 5 nitrogen and oxygen atoms in total. The van der Waals surface area contributed by atoms with Crippen molar-refractivity contribution in [3.8, 4) is 0 Å². The second-order valence-corrected chi connectivity index (χ2v) is 8.51. The number of aromatic nitrogens is 1.